The molecule has 3 nitrogen and oxygen atoms in total. The number of aliphatic hydroxyl groups is 1. The molecule has 7 heteroatoms. The fraction of sp³-hybridized carbons (Fsp3) is 0.333. The molecule has 0 aromatic heterocycles. The van der Waals surface area contributed by atoms with Crippen LogP contribution in [0.5, 0.6) is 5.75 Å². The van der Waals surface area contributed by atoms with Gasteiger partial charge in [0.1, 0.15) is 11.6 Å². The lowest BCUT2D eigenvalue weighted by Gasteiger charge is -2.17. The van der Waals surface area contributed by atoms with Crippen LogP contribution in [-0.4, -0.2) is 18.4 Å². The Labute approximate surface area is 88.4 Å². The average Bonchev–Trinajstić information content (AvgIpc) is 2.15. The second-order valence-electron chi connectivity index (χ2n) is 3.06. The molecule has 0 bridgehead atoms. The number of benzene rings is 1. The van der Waals surface area contributed by atoms with Crippen LogP contribution < -0.4 is 10.5 Å². The summed E-state index contributed by atoms with van der Waals surface area (Å²) in [6.07, 6.45) is -7.84. The van der Waals surface area contributed by atoms with Crippen LogP contribution in [0.3, 0.4) is 0 Å². The van der Waals surface area contributed by atoms with Crippen LogP contribution in [0.1, 0.15) is 11.7 Å². The van der Waals surface area contributed by atoms with Gasteiger partial charge in [0.2, 0.25) is 0 Å². The van der Waals surface area contributed by atoms with E-state index in [0.717, 1.165) is 6.07 Å². The van der Waals surface area contributed by atoms with Gasteiger partial charge in [0.05, 0.1) is 12.8 Å². The maximum absolute atomic E-state index is 13.2. The number of aliphatic hydroxyl groups excluding tert-OH is 1. The van der Waals surface area contributed by atoms with Crippen molar-refractivity contribution in [2.75, 3.05) is 12.8 Å². The SMILES string of the molecule is COc1cc(C(O)C(F)(F)F)c(F)cc1N. The Hall–Kier alpha value is -1.50. The standard InChI is InChI=1S/C9H9F4NO2/c1-16-7-2-4(5(10)3-6(7)14)8(15)9(11,12)13/h2-3,8,15H,14H2,1H3. The lowest BCUT2D eigenvalue weighted by Crippen LogP contribution is -2.21. The Bertz CT molecular complexity index is 392. The number of nitrogens with two attached hydrogens (primary N) is 1. The number of anilines is 1. The predicted octanol–water partition coefficient (Wildman–Crippen LogP) is 2.01. The molecule has 0 spiro atoms. The van der Waals surface area contributed by atoms with Crippen molar-refractivity contribution in [2.24, 2.45) is 0 Å². The summed E-state index contributed by atoms with van der Waals surface area (Å²) in [5, 5.41) is 8.89. The van der Waals surface area contributed by atoms with Crippen molar-refractivity contribution < 1.29 is 27.4 Å². The third-order valence-corrected chi connectivity index (χ3v) is 1.95. The number of rotatable bonds is 2. The van der Waals surface area contributed by atoms with E-state index in [4.69, 9.17) is 10.8 Å². The van der Waals surface area contributed by atoms with Gasteiger partial charge < -0.3 is 15.6 Å². The van der Waals surface area contributed by atoms with Crippen LogP contribution in [0.2, 0.25) is 0 Å². The zero-order valence-corrected chi connectivity index (χ0v) is 8.18. The number of methoxy groups -OCH3 is 1. The average molecular weight is 239 g/mol. The minimum atomic E-state index is -4.94. The monoisotopic (exact) mass is 239 g/mol. The molecule has 1 unspecified atom stereocenters. The van der Waals surface area contributed by atoms with Crippen LogP contribution >= 0.6 is 0 Å². The van der Waals surface area contributed by atoms with Gasteiger partial charge in [-0.3, -0.25) is 0 Å². The molecule has 0 radical (unpaired) electrons. The summed E-state index contributed by atoms with van der Waals surface area (Å²) in [6, 6.07) is 1.39. The smallest absolute Gasteiger partial charge is 0.418 e. The van der Waals surface area contributed by atoms with Crippen LogP contribution in [0.15, 0.2) is 12.1 Å². The van der Waals surface area contributed by atoms with E-state index in [1.807, 2.05) is 0 Å². The molecule has 0 aliphatic rings. The van der Waals surface area contributed by atoms with E-state index in [2.05, 4.69) is 4.74 Å². The molecule has 0 aliphatic heterocycles. The first-order chi connectivity index (χ1) is 7.27. The summed E-state index contributed by atoms with van der Waals surface area (Å²) in [4.78, 5) is 0. The summed E-state index contributed by atoms with van der Waals surface area (Å²) in [5.41, 5.74) is 4.22. The summed E-state index contributed by atoms with van der Waals surface area (Å²) in [5.74, 6) is -1.36. The van der Waals surface area contributed by atoms with E-state index >= 15 is 0 Å². The van der Waals surface area contributed by atoms with Gasteiger partial charge >= 0.3 is 6.18 Å². The van der Waals surface area contributed by atoms with Gasteiger partial charge in [0, 0.05) is 11.6 Å². The Balaban J connectivity index is 3.24. The summed E-state index contributed by atoms with van der Waals surface area (Å²) >= 11 is 0. The van der Waals surface area contributed by atoms with Crippen molar-refractivity contribution >= 4 is 5.69 Å². The molecular formula is C9H9F4NO2. The Morgan fingerprint density at radius 1 is 1.38 bits per heavy atom. The first-order valence-corrected chi connectivity index (χ1v) is 4.15. The molecule has 0 saturated carbocycles. The Morgan fingerprint density at radius 3 is 2.38 bits per heavy atom. The lowest BCUT2D eigenvalue weighted by molar-refractivity contribution is -0.207. The van der Waals surface area contributed by atoms with Gasteiger partial charge in [-0.2, -0.15) is 13.2 Å². The Morgan fingerprint density at radius 2 is 1.94 bits per heavy atom. The van der Waals surface area contributed by atoms with Crippen molar-refractivity contribution in [2.45, 2.75) is 12.3 Å². The Kier molecular flexibility index (Phi) is 3.27. The van der Waals surface area contributed by atoms with E-state index in [-0.39, 0.29) is 11.4 Å². The molecule has 1 atom stereocenters. The molecule has 0 saturated heterocycles. The van der Waals surface area contributed by atoms with Gasteiger partial charge in [-0.25, -0.2) is 4.39 Å². The third-order valence-electron chi connectivity index (χ3n) is 1.95. The van der Waals surface area contributed by atoms with Crippen LogP contribution in [0.4, 0.5) is 23.2 Å². The van der Waals surface area contributed by atoms with Gasteiger partial charge in [-0.15, -0.1) is 0 Å². The molecule has 0 fully saturated rings. The van der Waals surface area contributed by atoms with Crippen molar-refractivity contribution in [3.05, 3.63) is 23.5 Å². The van der Waals surface area contributed by atoms with Crippen molar-refractivity contribution in [1.82, 2.24) is 0 Å². The number of nitrogen functional groups attached to an aromatic ring is 1. The zero-order chi connectivity index (χ0) is 12.5. The van der Waals surface area contributed by atoms with Crippen LogP contribution in [-0.2, 0) is 0 Å². The van der Waals surface area contributed by atoms with E-state index in [9.17, 15) is 17.6 Å². The topological polar surface area (TPSA) is 55.5 Å². The second-order valence-corrected chi connectivity index (χ2v) is 3.06. The first kappa shape index (κ1) is 12.6. The molecule has 0 aliphatic carbocycles. The van der Waals surface area contributed by atoms with Crippen molar-refractivity contribution in [1.29, 1.82) is 0 Å². The number of ether oxygens (including phenoxy) is 1. The third kappa shape index (κ3) is 2.35. The zero-order valence-electron chi connectivity index (χ0n) is 8.18. The molecular weight excluding hydrogens is 230 g/mol. The van der Waals surface area contributed by atoms with E-state index in [1.54, 1.807) is 0 Å². The normalized spacial score (nSPS) is 13.6. The number of hydrogen-bond donors (Lipinski definition) is 2. The van der Waals surface area contributed by atoms with Crippen LogP contribution in [0.25, 0.3) is 0 Å². The summed E-state index contributed by atoms with van der Waals surface area (Å²) < 4.78 is 54.3. The maximum Gasteiger partial charge on any atom is 0.418 e. The number of halogens is 4. The van der Waals surface area contributed by atoms with Gasteiger partial charge in [-0.1, -0.05) is 0 Å². The van der Waals surface area contributed by atoms with Crippen LogP contribution in [0, 0.1) is 5.82 Å². The summed E-state index contributed by atoms with van der Waals surface area (Å²) in [6.45, 7) is 0. The minimum absolute atomic E-state index is 0.125. The molecule has 3 N–H and O–H groups in total. The van der Waals surface area contributed by atoms with Gasteiger partial charge in [0.25, 0.3) is 0 Å². The molecule has 1 rings (SSSR count). The fourth-order valence-electron chi connectivity index (χ4n) is 1.15. The fourth-order valence-corrected chi connectivity index (χ4v) is 1.15. The highest BCUT2D eigenvalue weighted by Crippen LogP contribution is 2.36. The highest BCUT2D eigenvalue weighted by atomic mass is 19.4. The molecule has 0 amide bonds. The largest absolute Gasteiger partial charge is 0.495 e. The molecule has 1 aromatic carbocycles. The van der Waals surface area contributed by atoms with E-state index in [0.29, 0.717) is 6.07 Å². The lowest BCUT2D eigenvalue weighted by atomic mass is 10.1. The maximum atomic E-state index is 13.2. The van der Waals surface area contributed by atoms with Crippen molar-refractivity contribution in [3.63, 3.8) is 0 Å². The number of alkyl halides is 3. The highest BCUT2D eigenvalue weighted by Gasteiger charge is 2.41. The quantitative estimate of drug-likeness (QED) is 0.613. The number of hydrogen-bond acceptors (Lipinski definition) is 3. The molecule has 0 heterocycles. The highest BCUT2D eigenvalue weighted by molar-refractivity contribution is 5.54. The molecule has 90 valence electrons. The predicted molar refractivity (Wildman–Crippen MR) is 48.4 cm³/mol. The van der Waals surface area contributed by atoms with Gasteiger partial charge in [0.15, 0.2) is 6.10 Å². The van der Waals surface area contributed by atoms with E-state index in [1.165, 1.54) is 7.11 Å². The first-order valence-electron chi connectivity index (χ1n) is 4.15. The minimum Gasteiger partial charge on any atom is -0.495 e. The summed E-state index contributed by atoms with van der Waals surface area (Å²) in [7, 11) is 1.17. The second kappa shape index (κ2) is 4.17. The van der Waals surface area contributed by atoms with Crippen molar-refractivity contribution in [3.8, 4) is 5.75 Å². The molecule has 16 heavy (non-hydrogen) atoms. The van der Waals surface area contributed by atoms with E-state index < -0.39 is 23.7 Å². The molecule has 1 aromatic rings. The van der Waals surface area contributed by atoms with Gasteiger partial charge in [-0.05, 0) is 6.07 Å².